The summed E-state index contributed by atoms with van der Waals surface area (Å²) >= 11 is 0. The summed E-state index contributed by atoms with van der Waals surface area (Å²) in [5.74, 6) is -0.00872. The second-order valence-electron chi connectivity index (χ2n) is 6.01. The van der Waals surface area contributed by atoms with Gasteiger partial charge in [0, 0.05) is 38.9 Å². The van der Waals surface area contributed by atoms with Crippen molar-refractivity contribution in [3.63, 3.8) is 0 Å². The number of carbonyl (C=O) groups excluding carboxylic acids is 1. The van der Waals surface area contributed by atoms with Crippen LogP contribution in [0, 0.1) is 0 Å². The number of methoxy groups -OCH3 is 1. The lowest BCUT2D eigenvalue weighted by Gasteiger charge is -2.23. The first-order valence-electron chi connectivity index (χ1n) is 8.05. The van der Waals surface area contributed by atoms with Crippen LogP contribution in [0.4, 0.5) is 13.2 Å². The fourth-order valence-electron chi connectivity index (χ4n) is 2.80. The highest BCUT2D eigenvalue weighted by molar-refractivity contribution is 5.94. The highest BCUT2D eigenvalue weighted by Gasteiger charge is 2.30. The fourth-order valence-corrected chi connectivity index (χ4v) is 2.80. The standard InChI is InChI=1S/C17H23F3N2O2/c1-24-11-10-21(13-17(18,19)20)12-14-4-6-15(7-5-14)16(23)22-8-2-3-9-22/h4-7H,2-3,8-13H2,1H3. The topological polar surface area (TPSA) is 32.8 Å². The van der Waals surface area contributed by atoms with Gasteiger partial charge >= 0.3 is 6.18 Å². The van der Waals surface area contributed by atoms with E-state index in [1.54, 1.807) is 24.3 Å². The van der Waals surface area contributed by atoms with Gasteiger partial charge in [-0.25, -0.2) is 0 Å². The third-order valence-electron chi connectivity index (χ3n) is 4.01. The maximum atomic E-state index is 12.6. The second-order valence-corrected chi connectivity index (χ2v) is 6.01. The Labute approximate surface area is 140 Å². The first-order valence-corrected chi connectivity index (χ1v) is 8.05. The van der Waals surface area contributed by atoms with Crippen molar-refractivity contribution < 1.29 is 22.7 Å². The van der Waals surface area contributed by atoms with E-state index in [1.807, 2.05) is 4.90 Å². The number of carbonyl (C=O) groups is 1. The van der Waals surface area contributed by atoms with Crippen molar-refractivity contribution in [1.82, 2.24) is 9.80 Å². The Hall–Kier alpha value is -1.60. The molecule has 0 bridgehead atoms. The van der Waals surface area contributed by atoms with Crippen LogP contribution < -0.4 is 0 Å². The van der Waals surface area contributed by atoms with Crippen LogP contribution in [0.1, 0.15) is 28.8 Å². The molecular formula is C17H23F3N2O2. The largest absolute Gasteiger partial charge is 0.401 e. The summed E-state index contributed by atoms with van der Waals surface area (Å²) in [5, 5.41) is 0. The van der Waals surface area contributed by atoms with Crippen molar-refractivity contribution in [2.24, 2.45) is 0 Å². The maximum absolute atomic E-state index is 12.6. The van der Waals surface area contributed by atoms with Crippen molar-refractivity contribution >= 4 is 5.91 Å². The summed E-state index contributed by atoms with van der Waals surface area (Å²) < 4.78 is 42.8. The zero-order chi connectivity index (χ0) is 17.6. The van der Waals surface area contributed by atoms with Crippen LogP contribution in [0.25, 0.3) is 0 Å². The van der Waals surface area contributed by atoms with Gasteiger partial charge in [0.25, 0.3) is 5.91 Å². The normalized spacial score (nSPS) is 15.3. The Kier molecular flexibility index (Phi) is 6.62. The van der Waals surface area contributed by atoms with E-state index in [0.717, 1.165) is 31.5 Å². The Morgan fingerprint density at radius 3 is 2.38 bits per heavy atom. The molecule has 0 radical (unpaired) electrons. The van der Waals surface area contributed by atoms with E-state index in [9.17, 15) is 18.0 Å². The third kappa shape index (κ3) is 5.79. The summed E-state index contributed by atoms with van der Waals surface area (Å²) in [6.07, 6.45) is -2.20. The van der Waals surface area contributed by atoms with Crippen LogP contribution in [-0.2, 0) is 11.3 Å². The van der Waals surface area contributed by atoms with E-state index in [0.29, 0.717) is 5.56 Å². The molecule has 0 spiro atoms. The molecule has 1 aromatic rings. The Morgan fingerprint density at radius 1 is 1.21 bits per heavy atom. The predicted octanol–water partition coefficient (Wildman–Crippen LogP) is 2.93. The van der Waals surface area contributed by atoms with Crippen LogP contribution >= 0.6 is 0 Å². The summed E-state index contributed by atoms with van der Waals surface area (Å²) in [4.78, 5) is 15.4. The number of alkyl halides is 3. The molecule has 0 unspecified atom stereocenters. The smallest absolute Gasteiger partial charge is 0.383 e. The molecule has 4 nitrogen and oxygen atoms in total. The van der Waals surface area contributed by atoms with Gasteiger partial charge in [-0.15, -0.1) is 0 Å². The Bertz CT molecular complexity index is 526. The number of benzene rings is 1. The SMILES string of the molecule is COCCN(Cc1ccc(C(=O)N2CCCC2)cc1)CC(F)(F)F. The minimum Gasteiger partial charge on any atom is -0.383 e. The van der Waals surface area contributed by atoms with Crippen molar-refractivity contribution in [1.29, 1.82) is 0 Å². The van der Waals surface area contributed by atoms with Gasteiger partial charge in [-0.2, -0.15) is 13.2 Å². The molecule has 0 atom stereocenters. The lowest BCUT2D eigenvalue weighted by atomic mass is 10.1. The number of halogens is 3. The van der Waals surface area contributed by atoms with Crippen LogP contribution in [-0.4, -0.2) is 61.8 Å². The quantitative estimate of drug-likeness (QED) is 0.762. The van der Waals surface area contributed by atoms with E-state index in [1.165, 1.54) is 12.0 Å². The molecule has 1 fully saturated rings. The zero-order valence-electron chi connectivity index (χ0n) is 13.8. The lowest BCUT2D eigenvalue weighted by molar-refractivity contribution is -0.148. The summed E-state index contributed by atoms with van der Waals surface area (Å²) in [7, 11) is 1.46. The number of hydrogen-bond donors (Lipinski definition) is 0. The molecule has 1 aliphatic rings. The number of rotatable bonds is 7. The van der Waals surface area contributed by atoms with Crippen LogP contribution in [0.3, 0.4) is 0 Å². The van der Waals surface area contributed by atoms with Crippen LogP contribution in [0.2, 0.25) is 0 Å². The number of nitrogens with zero attached hydrogens (tertiary/aromatic N) is 2. The molecule has 0 saturated carbocycles. The van der Waals surface area contributed by atoms with Crippen molar-refractivity contribution in [2.45, 2.75) is 25.6 Å². The highest BCUT2D eigenvalue weighted by atomic mass is 19.4. The Morgan fingerprint density at radius 2 is 1.83 bits per heavy atom. The lowest BCUT2D eigenvalue weighted by Crippen LogP contribution is -2.36. The minimum atomic E-state index is -4.25. The molecule has 0 N–H and O–H groups in total. The van der Waals surface area contributed by atoms with Gasteiger partial charge in [-0.3, -0.25) is 9.69 Å². The fraction of sp³-hybridized carbons (Fsp3) is 0.588. The molecular weight excluding hydrogens is 321 g/mol. The third-order valence-corrected chi connectivity index (χ3v) is 4.01. The molecule has 1 aromatic carbocycles. The van der Waals surface area contributed by atoms with Gasteiger partial charge in [0.15, 0.2) is 0 Å². The van der Waals surface area contributed by atoms with Crippen molar-refractivity contribution in [3.8, 4) is 0 Å². The van der Waals surface area contributed by atoms with E-state index < -0.39 is 12.7 Å². The molecule has 1 aliphatic heterocycles. The molecule has 2 rings (SSSR count). The second kappa shape index (κ2) is 8.48. The molecule has 1 saturated heterocycles. The molecule has 24 heavy (non-hydrogen) atoms. The number of amides is 1. The monoisotopic (exact) mass is 344 g/mol. The number of hydrogen-bond acceptors (Lipinski definition) is 3. The van der Waals surface area contributed by atoms with Gasteiger partial charge in [0.05, 0.1) is 13.2 Å². The highest BCUT2D eigenvalue weighted by Crippen LogP contribution is 2.19. The molecule has 134 valence electrons. The van der Waals surface area contributed by atoms with E-state index in [4.69, 9.17) is 4.74 Å². The van der Waals surface area contributed by atoms with Crippen LogP contribution in [0.15, 0.2) is 24.3 Å². The predicted molar refractivity (Wildman–Crippen MR) is 84.8 cm³/mol. The average Bonchev–Trinajstić information content (AvgIpc) is 3.05. The van der Waals surface area contributed by atoms with Gasteiger partial charge in [0.2, 0.25) is 0 Å². The molecule has 1 heterocycles. The van der Waals surface area contributed by atoms with Gasteiger partial charge in [-0.1, -0.05) is 12.1 Å². The van der Waals surface area contributed by atoms with Crippen molar-refractivity contribution in [2.75, 3.05) is 39.9 Å². The molecule has 0 aliphatic carbocycles. The Balaban J connectivity index is 1.98. The zero-order valence-corrected chi connectivity index (χ0v) is 13.8. The van der Waals surface area contributed by atoms with E-state index >= 15 is 0 Å². The summed E-state index contributed by atoms with van der Waals surface area (Å²) in [6.45, 7) is 1.17. The first kappa shape index (κ1) is 18.7. The molecule has 1 amide bonds. The molecule has 7 heteroatoms. The minimum absolute atomic E-state index is 0.00872. The van der Waals surface area contributed by atoms with Crippen molar-refractivity contribution in [3.05, 3.63) is 35.4 Å². The van der Waals surface area contributed by atoms with Gasteiger partial charge in [-0.05, 0) is 30.5 Å². The molecule has 0 aromatic heterocycles. The van der Waals surface area contributed by atoms with Crippen LogP contribution in [0.5, 0.6) is 0 Å². The number of ether oxygens (including phenoxy) is 1. The maximum Gasteiger partial charge on any atom is 0.401 e. The summed E-state index contributed by atoms with van der Waals surface area (Å²) in [5.41, 5.74) is 1.33. The number of likely N-dealkylation sites (tertiary alicyclic amines) is 1. The van der Waals surface area contributed by atoms with Gasteiger partial charge in [0.1, 0.15) is 0 Å². The average molecular weight is 344 g/mol. The first-order chi connectivity index (χ1) is 11.4. The van der Waals surface area contributed by atoms with E-state index in [2.05, 4.69) is 0 Å². The summed E-state index contributed by atoms with van der Waals surface area (Å²) in [6, 6.07) is 6.83. The van der Waals surface area contributed by atoms with E-state index in [-0.39, 0.29) is 25.6 Å². The van der Waals surface area contributed by atoms with Gasteiger partial charge < -0.3 is 9.64 Å².